The van der Waals surface area contributed by atoms with Crippen LogP contribution in [0.25, 0.3) is 0 Å². The van der Waals surface area contributed by atoms with Gasteiger partial charge in [-0.3, -0.25) is 9.59 Å². The normalized spacial score (nSPS) is 11.7. The molecule has 2 aromatic carbocycles. The van der Waals surface area contributed by atoms with Crippen LogP contribution in [0.5, 0.6) is 23.0 Å². The van der Waals surface area contributed by atoms with Crippen molar-refractivity contribution in [1.82, 2.24) is 0 Å². The van der Waals surface area contributed by atoms with Gasteiger partial charge in [0.2, 0.25) is 6.04 Å². The smallest absolute Gasteiger partial charge is 0.258 e. The van der Waals surface area contributed by atoms with Crippen LogP contribution in [0.15, 0.2) is 34.5 Å². The highest BCUT2D eigenvalue weighted by molar-refractivity contribution is 6.34. The van der Waals surface area contributed by atoms with Gasteiger partial charge in [0.15, 0.2) is 28.8 Å². The third kappa shape index (κ3) is 6.49. The van der Waals surface area contributed by atoms with Gasteiger partial charge in [-0.1, -0.05) is 23.2 Å². The van der Waals surface area contributed by atoms with E-state index in [4.69, 9.17) is 42.1 Å². The summed E-state index contributed by atoms with van der Waals surface area (Å²) < 4.78 is 21.6. The van der Waals surface area contributed by atoms with Crippen molar-refractivity contribution in [3.63, 3.8) is 0 Å². The first-order valence-corrected chi connectivity index (χ1v) is 10.7. The van der Waals surface area contributed by atoms with Crippen LogP contribution in [0, 0.1) is 0 Å². The summed E-state index contributed by atoms with van der Waals surface area (Å²) in [6, 6.07) is 4.70. The zero-order valence-electron chi connectivity index (χ0n) is 18.9. The first-order chi connectivity index (χ1) is 15.8. The van der Waals surface area contributed by atoms with Crippen molar-refractivity contribution < 1.29 is 28.5 Å². The van der Waals surface area contributed by atoms with E-state index in [1.54, 1.807) is 19.1 Å². The van der Waals surface area contributed by atoms with E-state index in [9.17, 15) is 9.59 Å². The second-order valence-electron chi connectivity index (χ2n) is 6.49. The minimum Gasteiger partial charge on any atom is -0.493 e. The zero-order chi connectivity index (χ0) is 24.5. The first-order valence-electron chi connectivity index (χ1n) is 9.99. The average Bonchev–Trinajstić information content (AvgIpc) is 2.78. The molecule has 1 N–H and O–H groups in total. The van der Waals surface area contributed by atoms with Gasteiger partial charge in [0.05, 0.1) is 43.2 Å². The quantitative estimate of drug-likeness (QED) is 0.324. The summed E-state index contributed by atoms with van der Waals surface area (Å²) >= 11 is 12.5. The van der Waals surface area contributed by atoms with Crippen LogP contribution in [0.2, 0.25) is 10.0 Å². The van der Waals surface area contributed by atoms with E-state index in [2.05, 4.69) is 15.5 Å². The predicted octanol–water partition coefficient (Wildman–Crippen LogP) is 5.49. The van der Waals surface area contributed by atoms with Crippen LogP contribution in [0.4, 0.5) is 11.4 Å². The Morgan fingerprint density at radius 2 is 1.61 bits per heavy atom. The van der Waals surface area contributed by atoms with E-state index in [1.165, 1.54) is 33.3 Å². The fourth-order valence-electron chi connectivity index (χ4n) is 2.76. The fraction of sp³-hybridized carbons (Fsp3) is 0.364. The summed E-state index contributed by atoms with van der Waals surface area (Å²) in [6.07, 6.45) is 0. The largest absolute Gasteiger partial charge is 0.493 e. The van der Waals surface area contributed by atoms with Crippen LogP contribution >= 0.6 is 23.2 Å². The lowest BCUT2D eigenvalue weighted by molar-refractivity contribution is -0.126. The van der Waals surface area contributed by atoms with Crippen molar-refractivity contribution in [3.05, 3.63) is 34.3 Å². The summed E-state index contributed by atoms with van der Waals surface area (Å²) in [6.45, 7) is 5.54. The molecule has 0 aliphatic rings. The molecule has 9 nitrogen and oxygen atoms in total. The van der Waals surface area contributed by atoms with Crippen LogP contribution in [0.3, 0.4) is 0 Å². The number of nitrogens with one attached hydrogen (secondary N) is 1. The predicted molar refractivity (Wildman–Crippen MR) is 126 cm³/mol. The molecule has 0 saturated carbocycles. The number of carbonyl (C=O) groups is 2. The molecule has 1 amide bonds. The number of nitrogens with zero attached hydrogens (tertiary/aromatic N) is 2. The second-order valence-corrected chi connectivity index (χ2v) is 7.31. The summed E-state index contributed by atoms with van der Waals surface area (Å²) in [4.78, 5) is 25.0. The highest BCUT2D eigenvalue weighted by Gasteiger charge is 2.25. The number of rotatable bonds is 11. The van der Waals surface area contributed by atoms with Crippen LogP contribution in [0.1, 0.15) is 20.8 Å². The Morgan fingerprint density at radius 1 is 0.970 bits per heavy atom. The van der Waals surface area contributed by atoms with Gasteiger partial charge in [-0.05, 0) is 32.9 Å². The van der Waals surface area contributed by atoms with Gasteiger partial charge in [-0.2, -0.15) is 5.11 Å². The molecule has 0 bridgehead atoms. The molecule has 2 rings (SSSR count). The zero-order valence-corrected chi connectivity index (χ0v) is 20.4. The molecule has 2 aromatic rings. The molecule has 0 aliphatic carbocycles. The number of azo groups is 1. The van der Waals surface area contributed by atoms with E-state index in [-0.39, 0.29) is 27.2 Å². The lowest BCUT2D eigenvalue weighted by Crippen LogP contribution is -2.32. The van der Waals surface area contributed by atoms with Crippen molar-refractivity contribution in [2.75, 3.05) is 32.8 Å². The number of carbonyl (C=O) groups excluding carboxylic acids is 2. The van der Waals surface area contributed by atoms with Crippen LogP contribution in [-0.4, -0.2) is 45.2 Å². The van der Waals surface area contributed by atoms with Crippen LogP contribution in [-0.2, 0) is 9.59 Å². The number of ether oxygens (including phenoxy) is 4. The van der Waals surface area contributed by atoms with E-state index >= 15 is 0 Å². The van der Waals surface area contributed by atoms with Gasteiger partial charge in [0, 0.05) is 12.1 Å². The molecule has 178 valence electrons. The Morgan fingerprint density at radius 3 is 2.18 bits per heavy atom. The van der Waals surface area contributed by atoms with Gasteiger partial charge in [0.25, 0.3) is 5.91 Å². The third-order valence-electron chi connectivity index (χ3n) is 4.27. The number of hydrogen-bond acceptors (Lipinski definition) is 8. The molecule has 1 atom stereocenters. The molecule has 0 fully saturated rings. The van der Waals surface area contributed by atoms with Crippen molar-refractivity contribution in [2.24, 2.45) is 10.2 Å². The molecule has 0 spiro atoms. The Hall–Kier alpha value is -3.04. The highest BCUT2D eigenvalue weighted by Crippen LogP contribution is 2.43. The molecule has 0 aliphatic heterocycles. The molecule has 0 saturated heterocycles. The minimum absolute atomic E-state index is 0.146. The number of amides is 1. The number of anilines is 1. The van der Waals surface area contributed by atoms with Gasteiger partial charge >= 0.3 is 0 Å². The number of benzene rings is 2. The molecule has 0 aromatic heterocycles. The van der Waals surface area contributed by atoms with E-state index in [0.29, 0.717) is 30.5 Å². The maximum atomic E-state index is 12.8. The monoisotopic (exact) mass is 497 g/mol. The fourth-order valence-corrected chi connectivity index (χ4v) is 3.15. The summed E-state index contributed by atoms with van der Waals surface area (Å²) in [5.41, 5.74) is 0.361. The Bertz CT molecular complexity index is 1050. The molecular weight excluding hydrogens is 473 g/mol. The number of hydrogen-bond donors (Lipinski definition) is 1. The lowest BCUT2D eigenvalue weighted by atomic mass is 10.2. The maximum Gasteiger partial charge on any atom is 0.258 e. The Balaban J connectivity index is 2.38. The lowest BCUT2D eigenvalue weighted by Gasteiger charge is -2.15. The second kappa shape index (κ2) is 12.3. The van der Waals surface area contributed by atoms with E-state index in [1.807, 2.05) is 6.92 Å². The standard InChI is InChI=1S/C22H25Cl2N3O6/c1-6-32-16-9-8-13(23)20(21(16)33-7-2)27-26-19(12(3)28)22(29)25-15-11-18(31-5)17(30-4)10-14(15)24/h8-11,19H,6-7H2,1-5H3,(H,25,29). The topological polar surface area (TPSA) is 108 Å². The van der Waals surface area contributed by atoms with Crippen molar-refractivity contribution in [3.8, 4) is 23.0 Å². The third-order valence-corrected chi connectivity index (χ3v) is 4.89. The van der Waals surface area contributed by atoms with E-state index < -0.39 is 17.7 Å². The van der Waals surface area contributed by atoms with Crippen molar-refractivity contribution >= 4 is 46.3 Å². The SMILES string of the molecule is CCOc1ccc(Cl)c(N=NC(C(C)=O)C(=O)Nc2cc(OC)c(OC)cc2Cl)c1OCC. The maximum absolute atomic E-state index is 12.8. The Labute approximate surface area is 202 Å². The van der Waals surface area contributed by atoms with E-state index in [0.717, 1.165) is 0 Å². The molecule has 33 heavy (non-hydrogen) atoms. The molecule has 0 heterocycles. The minimum atomic E-state index is -1.46. The van der Waals surface area contributed by atoms with Crippen molar-refractivity contribution in [1.29, 1.82) is 0 Å². The Kier molecular flexibility index (Phi) is 9.74. The molecule has 11 heteroatoms. The molecule has 1 unspecified atom stereocenters. The molecule has 0 radical (unpaired) electrons. The highest BCUT2D eigenvalue weighted by atomic mass is 35.5. The average molecular weight is 498 g/mol. The number of Topliss-reactive ketones (excluding diaryl/α,β-unsaturated/α-hetero) is 1. The number of methoxy groups -OCH3 is 2. The summed E-state index contributed by atoms with van der Waals surface area (Å²) in [7, 11) is 2.90. The van der Waals surface area contributed by atoms with Gasteiger partial charge in [-0.15, -0.1) is 5.11 Å². The summed E-state index contributed by atoms with van der Waals surface area (Å²) in [5, 5.41) is 11.0. The van der Waals surface area contributed by atoms with Crippen molar-refractivity contribution in [2.45, 2.75) is 26.8 Å². The van der Waals surface area contributed by atoms with Crippen LogP contribution < -0.4 is 24.3 Å². The van der Waals surface area contributed by atoms with Gasteiger partial charge in [0.1, 0.15) is 5.69 Å². The number of ketones is 1. The molecular formula is C22H25Cl2N3O6. The van der Waals surface area contributed by atoms with Gasteiger partial charge in [-0.25, -0.2) is 0 Å². The summed E-state index contributed by atoms with van der Waals surface area (Å²) in [5.74, 6) is 0.132. The van der Waals surface area contributed by atoms with Gasteiger partial charge < -0.3 is 24.3 Å². The number of halogens is 2. The first kappa shape index (κ1) is 26.2.